The Hall–Kier alpha value is -0.617. The molecule has 2 saturated carbocycles. The third kappa shape index (κ3) is 3.55. The molecule has 3 heteroatoms. The van der Waals surface area contributed by atoms with E-state index in [1.807, 2.05) is 3.28 Å². The van der Waals surface area contributed by atoms with Crippen molar-refractivity contribution in [3.8, 4) is 0 Å². The van der Waals surface area contributed by atoms with Crippen molar-refractivity contribution < 1.29 is 48.0 Å². The largest absolute Gasteiger partial charge is 1.00 e. The van der Waals surface area contributed by atoms with Gasteiger partial charge in [0.1, 0.15) is 0 Å². The van der Waals surface area contributed by atoms with Crippen molar-refractivity contribution in [1.82, 2.24) is 0 Å². The molecular weight excluding hydrogens is 643 g/mol. The average Bonchev–Trinajstić information content (AvgIpc) is 3.27. The summed E-state index contributed by atoms with van der Waals surface area (Å²) in [5, 5.41) is 0. The van der Waals surface area contributed by atoms with Crippen LogP contribution in [0.5, 0.6) is 0 Å². The molecule has 6 rings (SSSR count). The molecule has 10 unspecified atom stereocenters. The number of fused-ring (bicyclic) bond motifs is 8. The van der Waals surface area contributed by atoms with Gasteiger partial charge in [0, 0.05) is 0 Å². The summed E-state index contributed by atoms with van der Waals surface area (Å²) >= 11 is -1.05. The molecule has 0 nitrogen and oxygen atoms in total. The van der Waals surface area contributed by atoms with Crippen LogP contribution in [-0.4, -0.2) is 0 Å². The van der Waals surface area contributed by atoms with Crippen LogP contribution >= 0.6 is 0 Å². The first-order valence-electron chi connectivity index (χ1n) is 16.1. The van der Waals surface area contributed by atoms with Crippen molar-refractivity contribution >= 4 is 0 Å². The van der Waals surface area contributed by atoms with E-state index in [4.69, 9.17) is 0 Å². The van der Waals surface area contributed by atoms with Crippen LogP contribution < -0.4 is 24.8 Å². The summed E-state index contributed by atoms with van der Waals surface area (Å²) in [6.45, 7) is 33.4. The molecule has 43 heavy (non-hydrogen) atoms. The van der Waals surface area contributed by atoms with Gasteiger partial charge in [0.2, 0.25) is 0 Å². The molecule has 0 saturated heterocycles. The Bertz CT molecular complexity index is 1460. The monoisotopic (exact) mass is 694 g/mol. The molecule has 6 aliphatic rings. The van der Waals surface area contributed by atoms with Gasteiger partial charge < -0.3 is 24.8 Å². The summed E-state index contributed by atoms with van der Waals surface area (Å²) in [4.78, 5) is 0. The van der Waals surface area contributed by atoms with E-state index in [0.29, 0.717) is 15.5 Å². The molecule has 0 N–H and O–H groups in total. The number of allylic oxidation sites excluding steroid dienone is 16. The SMILES string of the molecule is CC1=CC=CC2[CH]([Zr+2][C]3=C(C)C(C(C)(C)C)=CC3C)C3(C)C4(C)C=CC=CC4(C)C4(C)C=CC=CC4(C)C3(C)C12C.[Cl-].[Cl-]. The first-order valence-corrected chi connectivity index (χ1v) is 18.8. The molecule has 10 atom stereocenters. The Kier molecular flexibility index (Phi) is 8.35. The number of halogens is 2. The van der Waals surface area contributed by atoms with Gasteiger partial charge >= 0.3 is 265 Å². The maximum atomic E-state index is 2.79. The Morgan fingerprint density at radius 2 is 1.19 bits per heavy atom. The molecule has 0 spiro atoms. The zero-order valence-electron chi connectivity index (χ0n) is 28.9. The van der Waals surface area contributed by atoms with Gasteiger partial charge in [-0.3, -0.25) is 0 Å². The molecule has 0 aromatic carbocycles. The van der Waals surface area contributed by atoms with Gasteiger partial charge in [-0.25, -0.2) is 0 Å². The smallest absolute Gasteiger partial charge is 1.00 e. The second-order valence-electron chi connectivity index (χ2n) is 16.8. The number of hydrogen-bond acceptors (Lipinski definition) is 0. The van der Waals surface area contributed by atoms with Crippen LogP contribution in [0.25, 0.3) is 0 Å². The van der Waals surface area contributed by atoms with Crippen molar-refractivity contribution in [2.75, 3.05) is 0 Å². The third-order valence-corrected chi connectivity index (χ3v) is 21.2. The normalized spacial score (nSPS) is 48.7. The molecule has 6 aliphatic carbocycles. The van der Waals surface area contributed by atoms with Crippen molar-refractivity contribution in [2.24, 2.45) is 55.2 Å². The predicted molar refractivity (Wildman–Crippen MR) is 173 cm³/mol. The van der Waals surface area contributed by atoms with Gasteiger partial charge in [-0.2, -0.15) is 0 Å². The minimum absolute atomic E-state index is 0. The predicted octanol–water partition coefficient (Wildman–Crippen LogP) is 5.22. The van der Waals surface area contributed by atoms with E-state index < -0.39 is 23.2 Å². The van der Waals surface area contributed by atoms with Crippen LogP contribution in [0, 0.1) is 55.2 Å². The fourth-order valence-electron chi connectivity index (χ4n) is 12.2. The zero-order chi connectivity index (χ0) is 30.2. The number of rotatable bonds is 2. The molecule has 0 amide bonds. The quantitative estimate of drug-likeness (QED) is 0.372. The van der Waals surface area contributed by atoms with Gasteiger partial charge in [0.25, 0.3) is 0 Å². The summed E-state index contributed by atoms with van der Waals surface area (Å²) in [6.07, 6.45) is 30.2. The van der Waals surface area contributed by atoms with E-state index in [-0.39, 0.29) is 68.1 Å². The minimum atomic E-state index is -1.05. The van der Waals surface area contributed by atoms with Crippen LogP contribution in [0.1, 0.15) is 90.0 Å². The average molecular weight is 697 g/mol. The molecule has 0 aromatic rings. The fraction of sp³-hybridized carbons (Fsp3) is 0.600. The Labute approximate surface area is 287 Å². The minimum Gasteiger partial charge on any atom is -1.00 e. The summed E-state index contributed by atoms with van der Waals surface area (Å²) in [5.74, 6) is 1.13. The maximum Gasteiger partial charge on any atom is -1.00 e. The molecule has 0 bridgehead atoms. The number of hydrogen-bond donors (Lipinski definition) is 0. The molecule has 2 fully saturated rings. The van der Waals surface area contributed by atoms with Gasteiger partial charge in [-0.05, 0) is 0 Å². The van der Waals surface area contributed by atoms with Crippen LogP contribution in [0.3, 0.4) is 0 Å². The topological polar surface area (TPSA) is 0 Å². The van der Waals surface area contributed by atoms with Crippen molar-refractivity contribution in [3.05, 3.63) is 92.9 Å². The molecular formula is C40H54Cl2Zr. The first kappa shape index (κ1) is 35.2. The maximum absolute atomic E-state index is 2.79. The van der Waals surface area contributed by atoms with Crippen molar-refractivity contribution in [3.63, 3.8) is 0 Å². The molecule has 232 valence electrons. The van der Waals surface area contributed by atoms with E-state index in [9.17, 15) is 0 Å². The Morgan fingerprint density at radius 3 is 1.70 bits per heavy atom. The summed E-state index contributed by atoms with van der Waals surface area (Å²) in [6, 6.07) is 0. The third-order valence-electron chi connectivity index (χ3n) is 15.3. The second kappa shape index (κ2) is 10.2. The summed E-state index contributed by atoms with van der Waals surface area (Å²) < 4.78 is 2.54. The molecule has 0 aromatic heterocycles. The first-order chi connectivity index (χ1) is 18.8. The molecule has 0 aliphatic heterocycles. The van der Waals surface area contributed by atoms with E-state index in [1.165, 1.54) is 0 Å². The fourth-order valence-corrected chi connectivity index (χ4v) is 18.4. The summed E-state index contributed by atoms with van der Waals surface area (Å²) in [7, 11) is 0. The zero-order valence-corrected chi connectivity index (χ0v) is 32.9. The van der Waals surface area contributed by atoms with E-state index in [0.717, 1.165) is 0 Å². The van der Waals surface area contributed by atoms with Crippen LogP contribution in [-0.2, 0) is 23.2 Å². The Balaban J connectivity index is 0.00000212. The van der Waals surface area contributed by atoms with E-state index in [1.54, 1.807) is 16.7 Å². The van der Waals surface area contributed by atoms with Crippen molar-refractivity contribution in [1.29, 1.82) is 0 Å². The van der Waals surface area contributed by atoms with Crippen LogP contribution in [0.2, 0.25) is 3.63 Å². The van der Waals surface area contributed by atoms with Gasteiger partial charge in [-0.1, -0.05) is 0 Å². The van der Waals surface area contributed by atoms with E-state index in [2.05, 4.69) is 163 Å². The molecule has 0 heterocycles. The van der Waals surface area contributed by atoms with Gasteiger partial charge in [0.05, 0.1) is 0 Å². The van der Waals surface area contributed by atoms with E-state index >= 15 is 0 Å². The molecule has 0 radical (unpaired) electrons. The van der Waals surface area contributed by atoms with Crippen LogP contribution in [0.15, 0.2) is 92.9 Å². The van der Waals surface area contributed by atoms with Gasteiger partial charge in [-0.15, -0.1) is 0 Å². The second-order valence-corrected chi connectivity index (χ2v) is 20.4. The Morgan fingerprint density at radius 1 is 0.698 bits per heavy atom. The van der Waals surface area contributed by atoms with Gasteiger partial charge in [0.15, 0.2) is 0 Å². The van der Waals surface area contributed by atoms with Crippen molar-refractivity contribution in [2.45, 2.75) is 93.6 Å². The standard InChI is InChI=1S/C29H37.C11H17.2ClH.Zr/c1-21-14-13-15-22-20-27(6)25(4)18-10-9-16-23(25,2)24(3)17-11-12-19-26(24,5)29(27,8)28(21,22)7;1-8-6-9(2)10(7-8)11(3,4)5;;;/h9-20,22H,1-8H3;7-8H,1-5H3;2*1H;/q;;;;+2/p-2. The van der Waals surface area contributed by atoms with Crippen LogP contribution in [0.4, 0.5) is 0 Å². The summed E-state index contributed by atoms with van der Waals surface area (Å²) in [5.41, 5.74) is 5.18.